The number of aromatic nitrogens is 1. The minimum atomic E-state index is -0.376. The predicted molar refractivity (Wildman–Crippen MR) is 119 cm³/mol. The van der Waals surface area contributed by atoms with Crippen LogP contribution in [-0.2, 0) is 6.54 Å². The van der Waals surface area contributed by atoms with Gasteiger partial charge in [-0.05, 0) is 35.6 Å². The molecule has 3 aromatic carbocycles. The second-order valence-corrected chi connectivity index (χ2v) is 8.70. The van der Waals surface area contributed by atoms with Gasteiger partial charge >= 0.3 is 0 Å². The van der Waals surface area contributed by atoms with Gasteiger partial charge in [0.15, 0.2) is 5.13 Å². The maximum Gasteiger partial charge on any atom is 0.261 e. The molecule has 4 aromatic rings. The second kappa shape index (κ2) is 8.76. The Balaban J connectivity index is 1.79. The summed E-state index contributed by atoms with van der Waals surface area (Å²) in [5.74, 6) is 0.360. The van der Waals surface area contributed by atoms with Crippen LogP contribution in [-0.4, -0.2) is 16.6 Å². The Morgan fingerprint density at radius 2 is 1.79 bits per heavy atom. The Morgan fingerprint density at radius 3 is 2.55 bits per heavy atom. The van der Waals surface area contributed by atoms with Crippen LogP contribution in [0.1, 0.15) is 22.8 Å². The van der Waals surface area contributed by atoms with Crippen LogP contribution in [0, 0.1) is 5.82 Å². The molecule has 0 radical (unpaired) electrons. The SMILES string of the molecule is CCSc1ccccc1C(=O)N(Cc1ccccc1)c1nc2c(F)cccc2s1. The van der Waals surface area contributed by atoms with Crippen molar-refractivity contribution in [2.24, 2.45) is 0 Å². The minimum Gasteiger partial charge on any atom is -0.279 e. The van der Waals surface area contributed by atoms with E-state index in [2.05, 4.69) is 11.9 Å². The molecule has 0 bridgehead atoms. The Bertz CT molecular complexity index is 1140. The van der Waals surface area contributed by atoms with Crippen molar-refractivity contribution in [2.75, 3.05) is 10.7 Å². The van der Waals surface area contributed by atoms with Crippen molar-refractivity contribution in [3.05, 3.63) is 89.7 Å². The van der Waals surface area contributed by atoms with Gasteiger partial charge in [-0.25, -0.2) is 9.37 Å². The summed E-state index contributed by atoms with van der Waals surface area (Å²) in [6.07, 6.45) is 0. The number of hydrogen-bond acceptors (Lipinski definition) is 4. The summed E-state index contributed by atoms with van der Waals surface area (Å²) in [5, 5.41) is 0.496. The first-order valence-electron chi connectivity index (χ1n) is 9.30. The lowest BCUT2D eigenvalue weighted by Crippen LogP contribution is -2.30. The molecule has 1 aromatic heterocycles. The van der Waals surface area contributed by atoms with Crippen LogP contribution >= 0.6 is 23.1 Å². The first-order valence-corrected chi connectivity index (χ1v) is 11.1. The Hall–Kier alpha value is -2.70. The third kappa shape index (κ3) is 4.18. The second-order valence-electron chi connectivity index (χ2n) is 6.39. The van der Waals surface area contributed by atoms with Crippen LogP contribution in [0.3, 0.4) is 0 Å². The summed E-state index contributed by atoms with van der Waals surface area (Å²) in [7, 11) is 0. The van der Waals surface area contributed by atoms with Crippen molar-refractivity contribution in [3.63, 3.8) is 0 Å². The lowest BCUT2D eigenvalue weighted by Gasteiger charge is -2.21. The summed E-state index contributed by atoms with van der Waals surface area (Å²) >= 11 is 2.96. The first-order chi connectivity index (χ1) is 14.2. The third-order valence-electron chi connectivity index (χ3n) is 4.44. The monoisotopic (exact) mass is 422 g/mol. The van der Waals surface area contributed by atoms with Crippen LogP contribution in [0.15, 0.2) is 77.7 Å². The highest BCUT2D eigenvalue weighted by molar-refractivity contribution is 7.99. The molecule has 1 amide bonds. The summed E-state index contributed by atoms with van der Waals surface area (Å²) < 4.78 is 14.9. The maximum absolute atomic E-state index is 14.2. The number of carbonyl (C=O) groups excluding carboxylic acids is 1. The van der Waals surface area contributed by atoms with Gasteiger partial charge in [-0.3, -0.25) is 9.69 Å². The van der Waals surface area contributed by atoms with E-state index in [1.165, 1.54) is 17.4 Å². The first kappa shape index (κ1) is 19.6. The third-order valence-corrected chi connectivity index (χ3v) is 6.43. The Kier molecular flexibility index (Phi) is 5.92. The zero-order valence-corrected chi connectivity index (χ0v) is 17.5. The van der Waals surface area contributed by atoms with Crippen LogP contribution in [0.4, 0.5) is 9.52 Å². The quantitative estimate of drug-likeness (QED) is 0.337. The Labute approximate surface area is 177 Å². The Morgan fingerprint density at radius 1 is 1.03 bits per heavy atom. The summed E-state index contributed by atoms with van der Waals surface area (Å²) in [6, 6.07) is 22.2. The van der Waals surface area contributed by atoms with Gasteiger partial charge in [-0.15, -0.1) is 11.8 Å². The number of thioether (sulfide) groups is 1. The summed E-state index contributed by atoms with van der Waals surface area (Å²) in [4.78, 5) is 20.6. The van der Waals surface area contributed by atoms with Crippen molar-refractivity contribution in [2.45, 2.75) is 18.4 Å². The molecule has 0 fully saturated rings. The molecule has 0 spiro atoms. The van der Waals surface area contributed by atoms with Gasteiger partial charge in [-0.2, -0.15) is 0 Å². The fourth-order valence-electron chi connectivity index (χ4n) is 3.08. The summed E-state index contributed by atoms with van der Waals surface area (Å²) in [6.45, 7) is 2.43. The van der Waals surface area contributed by atoms with Crippen LogP contribution < -0.4 is 4.90 Å². The number of benzene rings is 3. The van der Waals surface area contributed by atoms with E-state index in [0.29, 0.717) is 22.8 Å². The molecule has 0 saturated carbocycles. The highest BCUT2D eigenvalue weighted by Gasteiger charge is 2.24. The van der Waals surface area contributed by atoms with Crippen molar-refractivity contribution < 1.29 is 9.18 Å². The van der Waals surface area contributed by atoms with Crippen molar-refractivity contribution in [1.82, 2.24) is 4.98 Å². The van der Waals surface area contributed by atoms with E-state index >= 15 is 0 Å². The van der Waals surface area contributed by atoms with E-state index in [-0.39, 0.29) is 11.7 Å². The van der Waals surface area contributed by atoms with Gasteiger partial charge in [0, 0.05) is 4.90 Å². The highest BCUT2D eigenvalue weighted by Crippen LogP contribution is 2.33. The van der Waals surface area contributed by atoms with E-state index in [0.717, 1.165) is 20.9 Å². The van der Waals surface area contributed by atoms with Crippen LogP contribution in [0.2, 0.25) is 0 Å². The van der Waals surface area contributed by atoms with Crippen molar-refractivity contribution in [1.29, 1.82) is 0 Å². The van der Waals surface area contributed by atoms with Gasteiger partial charge in [0.05, 0.1) is 16.8 Å². The molecular weight excluding hydrogens is 403 g/mol. The fraction of sp³-hybridized carbons (Fsp3) is 0.130. The number of amides is 1. The number of hydrogen-bond donors (Lipinski definition) is 0. The standard InChI is InChI=1S/C23H19FN2OS2/c1-2-28-19-13-7-6-11-17(19)22(27)26(15-16-9-4-3-5-10-16)23-25-21-18(24)12-8-14-20(21)29-23/h3-14H,2,15H2,1H3. The topological polar surface area (TPSA) is 33.2 Å². The zero-order valence-electron chi connectivity index (χ0n) is 15.8. The van der Waals surface area contributed by atoms with Gasteiger partial charge < -0.3 is 0 Å². The number of nitrogens with zero attached hydrogens (tertiary/aromatic N) is 2. The highest BCUT2D eigenvalue weighted by atomic mass is 32.2. The molecule has 0 saturated heterocycles. The molecule has 0 atom stereocenters. The molecule has 0 N–H and O–H groups in total. The lowest BCUT2D eigenvalue weighted by molar-refractivity contribution is 0.0982. The smallest absolute Gasteiger partial charge is 0.261 e. The van der Waals surface area contributed by atoms with Gasteiger partial charge in [0.25, 0.3) is 5.91 Å². The maximum atomic E-state index is 14.2. The van der Waals surface area contributed by atoms with E-state index in [9.17, 15) is 9.18 Å². The molecular formula is C23H19FN2OS2. The lowest BCUT2D eigenvalue weighted by atomic mass is 10.1. The molecule has 0 unspecified atom stereocenters. The molecule has 0 aliphatic rings. The number of halogens is 1. The van der Waals surface area contributed by atoms with E-state index in [1.807, 2.05) is 60.7 Å². The minimum absolute atomic E-state index is 0.134. The normalized spacial score (nSPS) is 11.0. The van der Waals surface area contributed by atoms with Gasteiger partial charge in [0.1, 0.15) is 11.3 Å². The molecule has 4 rings (SSSR count). The average Bonchev–Trinajstić information content (AvgIpc) is 3.18. The molecule has 1 heterocycles. The number of thiazole rings is 1. The number of carbonyl (C=O) groups is 1. The number of anilines is 1. The fourth-order valence-corrected chi connectivity index (χ4v) is 4.86. The molecule has 6 heteroatoms. The zero-order chi connectivity index (χ0) is 20.2. The summed E-state index contributed by atoms with van der Waals surface area (Å²) in [5.41, 5.74) is 1.92. The average molecular weight is 423 g/mol. The predicted octanol–water partition coefficient (Wildman–Crippen LogP) is 6.39. The van der Waals surface area contributed by atoms with Gasteiger partial charge in [0.2, 0.25) is 0 Å². The molecule has 29 heavy (non-hydrogen) atoms. The number of para-hydroxylation sites is 1. The molecule has 0 aliphatic carbocycles. The van der Waals surface area contributed by atoms with Crippen LogP contribution in [0.25, 0.3) is 10.2 Å². The van der Waals surface area contributed by atoms with Gasteiger partial charge in [-0.1, -0.05) is 66.8 Å². The molecule has 0 aliphatic heterocycles. The molecule has 3 nitrogen and oxygen atoms in total. The number of rotatable bonds is 6. The van der Waals surface area contributed by atoms with E-state index in [4.69, 9.17) is 0 Å². The molecule has 146 valence electrons. The van der Waals surface area contributed by atoms with Crippen molar-refractivity contribution >= 4 is 44.4 Å². The van der Waals surface area contributed by atoms with Crippen LogP contribution in [0.5, 0.6) is 0 Å². The van der Waals surface area contributed by atoms with Crippen molar-refractivity contribution in [3.8, 4) is 0 Å². The number of fused-ring (bicyclic) bond motifs is 1. The van der Waals surface area contributed by atoms with E-state index in [1.54, 1.807) is 22.7 Å². The van der Waals surface area contributed by atoms with E-state index < -0.39 is 0 Å². The largest absolute Gasteiger partial charge is 0.279 e.